The average Bonchev–Trinajstić information content (AvgIpc) is 2.16. The Kier molecular flexibility index (Phi) is 3.08. The summed E-state index contributed by atoms with van der Waals surface area (Å²) in [6.45, 7) is 0. The van der Waals surface area contributed by atoms with Crippen molar-refractivity contribution in [1.29, 1.82) is 0 Å². The topological polar surface area (TPSA) is 64.1 Å². The van der Waals surface area contributed by atoms with Gasteiger partial charge in [0.15, 0.2) is 10.8 Å². The Bertz CT molecular complexity index is 334. The number of anilines is 1. The first-order valence-electron chi connectivity index (χ1n) is 3.27. The van der Waals surface area contributed by atoms with Crippen LogP contribution >= 0.6 is 11.6 Å². The molecule has 0 amide bonds. The van der Waals surface area contributed by atoms with E-state index in [1.165, 1.54) is 13.2 Å². The predicted octanol–water partition coefficient (Wildman–Crippen LogP) is 0.412. The summed E-state index contributed by atoms with van der Waals surface area (Å²) in [7, 11) is 6.36. The third-order valence-electron chi connectivity index (χ3n) is 1.30. The molecule has 5 nitrogen and oxygen atoms in total. The zero-order valence-electron chi connectivity index (χ0n) is 6.74. The maximum atomic E-state index is 11.0. The van der Waals surface area contributed by atoms with Gasteiger partial charge in [-0.3, -0.25) is 0 Å². The highest BCUT2D eigenvalue weighted by Gasteiger charge is 2.13. The van der Waals surface area contributed by atoms with E-state index in [0.717, 1.165) is 0 Å². The third-order valence-corrected chi connectivity index (χ3v) is 1.48. The standard InChI is InChI=1S/C6H5BClN3O2/c1-13-6(12)5-3(9-7)2-4(8)10-11-5/h2H,1H3,(H,9,10). The average molecular weight is 197 g/mol. The summed E-state index contributed by atoms with van der Waals surface area (Å²) in [5, 5.41) is 9.40. The van der Waals surface area contributed by atoms with Gasteiger partial charge in [0.25, 0.3) is 0 Å². The first-order chi connectivity index (χ1) is 6.19. The fraction of sp³-hybridized carbons (Fsp3) is 0.167. The molecule has 1 N–H and O–H groups in total. The molecule has 0 saturated carbocycles. The molecule has 13 heavy (non-hydrogen) atoms. The van der Waals surface area contributed by atoms with Crippen LogP contribution in [0.2, 0.25) is 5.15 Å². The van der Waals surface area contributed by atoms with Crippen LogP contribution in [-0.2, 0) is 4.74 Å². The predicted molar refractivity (Wildman–Crippen MR) is 47.8 cm³/mol. The van der Waals surface area contributed by atoms with Crippen LogP contribution in [0.4, 0.5) is 5.69 Å². The van der Waals surface area contributed by atoms with Crippen LogP contribution in [0.1, 0.15) is 10.5 Å². The highest BCUT2D eigenvalue weighted by atomic mass is 35.5. The first-order valence-corrected chi connectivity index (χ1v) is 3.65. The van der Waals surface area contributed by atoms with Gasteiger partial charge in [0, 0.05) is 6.07 Å². The van der Waals surface area contributed by atoms with Crippen molar-refractivity contribution < 1.29 is 9.53 Å². The monoisotopic (exact) mass is 197 g/mol. The van der Waals surface area contributed by atoms with Crippen molar-refractivity contribution in [2.24, 2.45) is 0 Å². The van der Waals surface area contributed by atoms with E-state index >= 15 is 0 Å². The Morgan fingerprint density at radius 2 is 2.38 bits per heavy atom. The highest BCUT2D eigenvalue weighted by molar-refractivity contribution is 6.30. The molecule has 2 radical (unpaired) electrons. The molecule has 66 valence electrons. The minimum Gasteiger partial charge on any atom is -0.464 e. The summed E-state index contributed by atoms with van der Waals surface area (Å²) >= 11 is 5.52. The maximum Gasteiger partial charge on any atom is 0.360 e. The van der Waals surface area contributed by atoms with Crippen LogP contribution in [0.5, 0.6) is 0 Å². The normalized spacial score (nSPS) is 9.38. The summed E-state index contributed by atoms with van der Waals surface area (Å²) in [5.41, 5.74) is 0.265. The zero-order chi connectivity index (χ0) is 9.84. The van der Waals surface area contributed by atoms with E-state index in [4.69, 9.17) is 19.6 Å². The SMILES string of the molecule is [B]Nc1cc(Cl)nnc1C(=O)OC. The number of nitrogens with one attached hydrogen (secondary N) is 1. The number of halogens is 1. The van der Waals surface area contributed by atoms with Gasteiger partial charge in [-0.2, -0.15) is 0 Å². The number of esters is 1. The lowest BCUT2D eigenvalue weighted by Crippen LogP contribution is -2.10. The number of aromatic nitrogens is 2. The molecule has 0 aliphatic heterocycles. The summed E-state index contributed by atoms with van der Waals surface area (Å²) in [6, 6.07) is 1.38. The summed E-state index contributed by atoms with van der Waals surface area (Å²) in [5.74, 6) is -0.628. The van der Waals surface area contributed by atoms with E-state index in [1.807, 2.05) is 0 Å². The van der Waals surface area contributed by atoms with Gasteiger partial charge in [-0.1, -0.05) is 11.6 Å². The van der Waals surface area contributed by atoms with Crippen molar-refractivity contribution in [2.45, 2.75) is 0 Å². The quantitative estimate of drug-likeness (QED) is 0.550. The van der Waals surface area contributed by atoms with E-state index in [2.05, 4.69) is 20.2 Å². The molecule has 1 heterocycles. The molecule has 0 aliphatic rings. The lowest BCUT2D eigenvalue weighted by atomic mass is 10.2. The molecular weight excluding hydrogens is 192 g/mol. The Morgan fingerprint density at radius 1 is 1.69 bits per heavy atom. The van der Waals surface area contributed by atoms with Crippen LogP contribution in [0.15, 0.2) is 6.07 Å². The number of carbonyl (C=O) groups is 1. The third kappa shape index (κ3) is 2.09. The van der Waals surface area contributed by atoms with Crippen LogP contribution < -0.4 is 5.23 Å². The van der Waals surface area contributed by atoms with Gasteiger partial charge in [0.05, 0.1) is 12.8 Å². The Labute approximate surface area is 80.9 Å². The van der Waals surface area contributed by atoms with Crippen LogP contribution in [0.3, 0.4) is 0 Å². The second-order valence-corrected chi connectivity index (χ2v) is 2.45. The van der Waals surface area contributed by atoms with Gasteiger partial charge in [0.1, 0.15) is 0 Å². The molecule has 7 heteroatoms. The molecule has 0 fully saturated rings. The summed E-state index contributed by atoms with van der Waals surface area (Å²) in [4.78, 5) is 11.0. The van der Waals surface area contributed by atoms with E-state index in [0.29, 0.717) is 0 Å². The van der Waals surface area contributed by atoms with Gasteiger partial charge in [-0.05, 0) is 0 Å². The highest BCUT2D eigenvalue weighted by Crippen LogP contribution is 2.15. The fourth-order valence-corrected chi connectivity index (χ4v) is 0.872. The Morgan fingerprint density at radius 3 is 2.92 bits per heavy atom. The number of hydrogen-bond acceptors (Lipinski definition) is 5. The van der Waals surface area contributed by atoms with Gasteiger partial charge in [-0.15, -0.1) is 10.2 Å². The van der Waals surface area contributed by atoms with E-state index in [-0.39, 0.29) is 16.5 Å². The molecule has 0 bridgehead atoms. The van der Waals surface area contributed by atoms with Crippen molar-refractivity contribution in [3.05, 3.63) is 16.9 Å². The van der Waals surface area contributed by atoms with Crippen molar-refractivity contribution in [2.75, 3.05) is 12.3 Å². The molecule has 0 aromatic carbocycles. The van der Waals surface area contributed by atoms with Gasteiger partial charge in [-0.25, -0.2) is 4.79 Å². The molecule has 1 aromatic rings. The van der Waals surface area contributed by atoms with Crippen molar-refractivity contribution >= 4 is 31.2 Å². The van der Waals surface area contributed by atoms with Gasteiger partial charge >= 0.3 is 5.97 Å². The van der Waals surface area contributed by atoms with Gasteiger partial charge < -0.3 is 9.96 Å². The Balaban J connectivity index is 3.13. The number of carbonyl (C=O) groups excluding carboxylic acids is 1. The largest absolute Gasteiger partial charge is 0.464 e. The minimum atomic E-state index is -0.628. The Hall–Kier alpha value is -1.30. The molecular formula is C6H5BClN3O2. The number of methoxy groups -OCH3 is 1. The van der Waals surface area contributed by atoms with E-state index < -0.39 is 5.97 Å². The van der Waals surface area contributed by atoms with Crippen molar-refractivity contribution in [3.8, 4) is 0 Å². The molecule has 0 atom stereocenters. The molecule has 1 aromatic heterocycles. The lowest BCUT2D eigenvalue weighted by molar-refractivity contribution is 0.0594. The number of hydrogen-bond donors (Lipinski definition) is 1. The van der Waals surface area contributed by atoms with Crippen molar-refractivity contribution in [3.63, 3.8) is 0 Å². The molecule has 0 unspecified atom stereocenters. The first kappa shape index (κ1) is 9.79. The summed E-state index contributed by atoms with van der Waals surface area (Å²) in [6.07, 6.45) is 0. The molecule has 0 saturated heterocycles. The smallest absolute Gasteiger partial charge is 0.360 e. The number of nitrogens with zero attached hydrogens (tertiary/aromatic N) is 2. The van der Waals surface area contributed by atoms with Crippen LogP contribution in [-0.4, -0.2) is 31.3 Å². The van der Waals surface area contributed by atoms with Crippen molar-refractivity contribution in [1.82, 2.24) is 10.2 Å². The van der Waals surface area contributed by atoms with Crippen LogP contribution in [0.25, 0.3) is 0 Å². The number of ether oxygens (including phenoxy) is 1. The fourth-order valence-electron chi connectivity index (χ4n) is 0.725. The maximum absolute atomic E-state index is 11.0. The number of rotatable bonds is 2. The second-order valence-electron chi connectivity index (χ2n) is 2.07. The van der Waals surface area contributed by atoms with E-state index in [1.54, 1.807) is 0 Å². The molecule has 1 rings (SSSR count). The van der Waals surface area contributed by atoms with E-state index in [9.17, 15) is 4.79 Å². The van der Waals surface area contributed by atoms with Crippen LogP contribution in [0, 0.1) is 0 Å². The molecule has 0 spiro atoms. The van der Waals surface area contributed by atoms with Gasteiger partial charge in [0.2, 0.25) is 7.98 Å². The lowest BCUT2D eigenvalue weighted by Gasteiger charge is -2.04. The summed E-state index contributed by atoms with van der Waals surface area (Å²) < 4.78 is 4.44. The minimum absolute atomic E-state index is 0.00519. The second kappa shape index (κ2) is 4.09. The zero-order valence-corrected chi connectivity index (χ0v) is 7.50. The molecule has 0 aliphatic carbocycles.